The molecule has 1 unspecified atom stereocenters. The van der Waals surface area contributed by atoms with Gasteiger partial charge in [0.25, 0.3) is 0 Å². The van der Waals surface area contributed by atoms with Crippen molar-refractivity contribution in [2.75, 3.05) is 13.2 Å². The Morgan fingerprint density at radius 1 is 0.323 bits per heavy atom. The summed E-state index contributed by atoms with van der Waals surface area (Å²) < 4.78 is 16.5. The van der Waals surface area contributed by atoms with E-state index in [9.17, 15) is 14.4 Å². The van der Waals surface area contributed by atoms with Gasteiger partial charge in [-0.1, -0.05) is 251 Å². The largest absolute Gasteiger partial charge is 0.462 e. The fourth-order valence-electron chi connectivity index (χ4n) is 8.06. The first-order chi connectivity index (χ1) is 30.5. The second kappa shape index (κ2) is 51.5. The van der Waals surface area contributed by atoms with Gasteiger partial charge in [-0.25, -0.2) is 0 Å². The highest BCUT2D eigenvalue weighted by molar-refractivity contribution is 5.71. The predicted octanol–water partition coefficient (Wildman–Crippen LogP) is 17.9. The van der Waals surface area contributed by atoms with Crippen molar-refractivity contribution in [3.05, 3.63) is 24.3 Å². The molecule has 0 saturated heterocycles. The number of carbonyl (C=O) groups is 3. The summed E-state index contributed by atoms with van der Waals surface area (Å²) >= 11 is 0. The van der Waals surface area contributed by atoms with Crippen molar-refractivity contribution in [3.8, 4) is 0 Å². The monoisotopic (exact) mass is 873 g/mol. The molecule has 0 saturated carbocycles. The molecule has 0 N–H and O–H groups in total. The van der Waals surface area contributed by atoms with Gasteiger partial charge in [0.2, 0.25) is 0 Å². The topological polar surface area (TPSA) is 78.9 Å². The van der Waals surface area contributed by atoms with Crippen LogP contribution in [0.1, 0.15) is 297 Å². The van der Waals surface area contributed by atoms with E-state index < -0.39 is 6.10 Å². The number of hydrogen-bond acceptors (Lipinski definition) is 6. The molecule has 0 fully saturated rings. The minimum Gasteiger partial charge on any atom is -0.462 e. The van der Waals surface area contributed by atoms with Gasteiger partial charge in [-0.3, -0.25) is 14.4 Å². The maximum absolute atomic E-state index is 12.5. The molecule has 364 valence electrons. The van der Waals surface area contributed by atoms with E-state index in [0.29, 0.717) is 19.3 Å². The first-order valence-electron chi connectivity index (χ1n) is 27.3. The van der Waals surface area contributed by atoms with E-state index >= 15 is 0 Å². The van der Waals surface area contributed by atoms with Crippen molar-refractivity contribution < 1.29 is 28.6 Å². The van der Waals surface area contributed by atoms with Gasteiger partial charge in [-0.15, -0.1) is 0 Å². The number of esters is 3. The summed E-state index contributed by atoms with van der Waals surface area (Å²) in [5.74, 6) is -0.882. The third-order valence-electron chi connectivity index (χ3n) is 12.2. The lowest BCUT2D eigenvalue weighted by molar-refractivity contribution is -0.167. The lowest BCUT2D eigenvalue weighted by atomic mass is 10.0. The van der Waals surface area contributed by atoms with Gasteiger partial charge in [-0.2, -0.15) is 0 Å². The summed E-state index contributed by atoms with van der Waals surface area (Å²) in [6.45, 7) is 6.50. The Balaban J connectivity index is 3.72. The molecule has 0 aliphatic carbocycles. The van der Waals surface area contributed by atoms with Gasteiger partial charge < -0.3 is 14.2 Å². The Labute approximate surface area is 385 Å². The minimum absolute atomic E-state index is 0.0674. The summed E-state index contributed by atoms with van der Waals surface area (Å²) in [5, 5.41) is 0. The number of allylic oxidation sites excluding steroid dienone is 4. The molecule has 62 heavy (non-hydrogen) atoms. The molecule has 0 aliphatic heterocycles. The quantitative estimate of drug-likeness (QED) is 0.0262. The van der Waals surface area contributed by atoms with Crippen molar-refractivity contribution in [1.82, 2.24) is 0 Å². The van der Waals surface area contributed by atoms with Crippen LogP contribution in [0.15, 0.2) is 24.3 Å². The summed E-state index contributed by atoms with van der Waals surface area (Å²) in [7, 11) is 0. The summed E-state index contributed by atoms with van der Waals surface area (Å²) in [4.78, 5) is 37.3. The van der Waals surface area contributed by atoms with Crippen LogP contribution in [-0.4, -0.2) is 37.2 Å². The van der Waals surface area contributed by atoms with Crippen LogP contribution in [0.4, 0.5) is 0 Å². The molecule has 0 aromatic carbocycles. The average molecular weight is 873 g/mol. The van der Waals surface area contributed by atoms with E-state index in [-0.39, 0.29) is 31.1 Å². The molecule has 0 heterocycles. The lowest BCUT2D eigenvalue weighted by Gasteiger charge is -2.18. The molecule has 0 bridgehead atoms. The van der Waals surface area contributed by atoms with E-state index in [1.54, 1.807) is 0 Å². The number of ether oxygens (including phenoxy) is 3. The standard InChI is InChI=1S/C56H104O6/c1-4-7-10-13-15-16-17-18-19-20-21-22-23-24-25-26-27-28-29-30-31-32-33-34-35-36-37-38-39-40-41-44-46-49-55(58)61-52-53(51-60-54(57)48-45-42-12-9-6-3)62-56(59)50-47-43-14-11-8-5-2/h17-18,20-21,53H,4-16,19,22-52H2,1-3H3/b18-17-,21-20-. The Hall–Kier alpha value is -2.11. The van der Waals surface area contributed by atoms with Gasteiger partial charge in [0.05, 0.1) is 0 Å². The molecule has 1 atom stereocenters. The number of hydrogen-bond donors (Lipinski definition) is 0. The molecular formula is C56H104O6. The maximum atomic E-state index is 12.5. The molecule has 0 aromatic rings. The van der Waals surface area contributed by atoms with E-state index in [2.05, 4.69) is 45.1 Å². The third-order valence-corrected chi connectivity index (χ3v) is 12.2. The average Bonchev–Trinajstić information content (AvgIpc) is 3.27. The van der Waals surface area contributed by atoms with Crippen LogP contribution in [0.5, 0.6) is 0 Å². The van der Waals surface area contributed by atoms with Gasteiger partial charge in [0.1, 0.15) is 13.2 Å². The number of rotatable bonds is 50. The van der Waals surface area contributed by atoms with Crippen molar-refractivity contribution >= 4 is 17.9 Å². The highest BCUT2D eigenvalue weighted by Gasteiger charge is 2.19. The van der Waals surface area contributed by atoms with Crippen LogP contribution in [0.2, 0.25) is 0 Å². The minimum atomic E-state index is -0.758. The molecule has 0 aromatic heterocycles. The first-order valence-corrected chi connectivity index (χ1v) is 27.3. The maximum Gasteiger partial charge on any atom is 0.306 e. The Kier molecular flexibility index (Phi) is 49.8. The van der Waals surface area contributed by atoms with Gasteiger partial charge in [-0.05, 0) is 51.4 Å². The van der Waals surface area contributed by atoms with Crippen LogP contribution in [-0.2, 0) is 28.6 Å². The van der Waals surface area contributed by atoms with Crippen LogP contribution in [0.25, 0.3) is 0 Å². The SMILES string of the molecule is CCCCCCC/C=C\C/C=C\CCCCCCCCCCCCCCCCCCCCCCCC(=O)OCC(COC(=O)CCCCCCC)OC(=O)CCCCCCCC. The summed E-state index contributed by atoms with van der Waals surface area (Å²) in [6.07, 6.45) is 59.9. The molecule has 0 rings (SSSR count). The molecule has 0 aliphatic rings. The van der Waals surface area contributed by atoms with Crippen molar-refractivity contribution in [1.29, 1.82) is 0 Å². The second-order valence-electron chi connectivity index (χ2n) is 18.5. The van der Waals surface area contributed by atoms with Gasteiger partial charge in [0, 0.05) is 19.3 Å². The molecule has 6 nitrogen and oxygen atoms in total. The van der Waals surface area contributed by atoms with Crippen LogP contribution in [0, 0.1) is 0 Å². The summed E-state index contributed by atoms with van der Waals surface area (Å²) in [5.41, 5.74) is 0. The molecule has 0 spiro atoms. The Morgan fingerprint density at radius 2 is 0.581 bits per heavy atom. The van der Waals surface area contributed by atoms with Crippen LogP contribution in [0.3, 0.4) is 0 Å². The van der Waals surface area contributed by atoms with Crippen LogP contribution >= 0.6 is 0 Å². The molecule has 0 amide bonds. The van der Waals surface area contributed by atoms with E-state index in [1.807, 2.05) is 0 Å². The van der Waals surface area contributed by atoms with Crippen molar-refractivity contribution in [2.45, 2.75) is 303 Å². The number of carbonyl (C=O) groups excluding carboxylic acids is 3. The fraction of sp³-hybridized carbons (Fsp3) is 0.875. The molecular weight excluding hydrogens is 769 g/mol. The van der Waals surface area contributed by atoms with E-state index in [4.69, 9.17) is 14.2 Å². The van der Waals surface area contributed by atoms with Crippen LogP contribution < -0.4 is 0 Å². The predicted molar refractivity (Wildman–Crippen MR) is 266 cm³/mol. The highest BCUT2D eigenvalue weighted by atomic mass is 16.6. The lowest BCUT2D eigenvalue weighted by Crippen LogP contribution is -2.30. The van der Waals surface area contributed by atoms with Crippen molar-refractivity contribution in [3.63, 3.8) is 0 Å². The summed E-state index contributed by atoms with van der Waals surface area (Å²) in [6, 6.07) is 0. The van der Waals surface area contributed by atoms with Gasteiger partial charge in [0.15, 0.2) is 6.10 Å². The first kappa shape index (κ1) is 59.9. The Morgan fingerprint density at radius 3 is 0.887 bits per heavy atom. The normalized spacial score (nSPS) is 12.1. The van der Waals surface area contributed by atoms with E-state index in [1.165, 1.54) is 186 Å². The van der Waals surface area contributed by atoms with Crippen molar-refractivity contribution in [2.24, 2.45) is 0 Å². The molecule has 0 radical (unpaired) electrons. The smallest absolute Gasteiger partial charge is 0.306 e. The highest BCUT2D eigenvalue weighted by Crippen LogP contribution is 2.17. The van der Waals surface area contributed by atoms with E-state index in [0.717, 1.165) is 70.6 Å². The second-order valence-corrected chi connectivity index (χ2v) is 18.5. The fourth-order valence-corrected chi connectivity index (χ4v) is 8.06. The third kappa shape index (κ3) is 48.9. The zero-order chi connectivity index (χ0) is 45.1. The van der Waals surface area contributed by atoms with Gasteiger partial charge >= 0.3 is 17.9 Å². The molecule has 6 heteroatoms. The Bertz CT molecular complexity index is 1000. The number of unbranched alkanes of at least 4 members (excludes halogenated alkanes) is 35. The zero-order valence-electron chi connectivity index (χ0n) is 41.7. The zero-order valence-corrected chi connectivity index (χ0v) is 41.7.